The van der Waals surface area contributed by atoms with Crippen molar-refractivity contribution in [2.45, 2.75) is 51.2 Å². The first-order valence-electron chi connectivity index (χ1n) is 12.2. The summed E-state index contributed by atoms with van der Waals surface area (Å²) < 4.78 is 15.3. The molecule has 0 bridgehead atoms. The predicted octanol–water partition coefficient (Wildman–Crippen LogP) is 4.71. The summed E-state index contributed by atoms with van der Waals surface area (Å²) in [5.41, 5.74) is 3.54. The molecule has 0 unspecified atom stereocenters. The van der Waals surface area contributed by atoms with Crippen molar-refractivity contribution >= 4 is 28.5 Å². The number of aryl methyl sites for hydroxylation is 1. The minimum absolute atomic E-state index is 0.0645. The molecule has 1 aromatic heterocycles. The van der Waals surface area contributed by atoms with Crippen molar-refractivity contribution < 1.29 is 14.0 Å². The van der Waals surface area contributed by atoms with E-state index in [-0.39, 0.29) is 24.4 Å². The van der Waals surface area contributed by atoms with Crippen LogP contribution in [0.25, 0.3) is 11.0 Å². The highest BCUT2D eigenvalue weighted by Gasteiger charge is 2.34. The van der Waals surface area contributed by atoms with Gasteiger partial charge >= 0.3 is 0 Å². The zero-order chi connectivity index (χ0) is 25.1. The number of rotatable bonds is 7. The number of nitrogens with zero attached hydrogens (tertiary/aromatic N) is 4. The van der Waals surface area contributed by atoms with E-state index < -0.39 is 11.9 Å². The molecule has 1 aliphatic rings. The molecule has 1 fully saturated rings. The molecular formula is C28H28FN5O2. The molecule has 0 radical (unpaired) electrons. The number of nitrogens with one attached hydrogen (secondary N) is 1. The quantitative estimate of drug-likeness (QED) is 0.411. The number of benzene rings is 3. The zero-order valence-electron chi connectivity index (χ0n) is 20.1. The number of halogens is 1. The van der Waals surface area contributed by atoms with Crippen molar-refractivity contribution in [3.63, 3.8) is 0 Å². The average molecular weight is 486 g/mol. The van der Waals surface area contributed by atoms with Gasteiger partial charge in [0.05, 0.1) is 5.52 Å². The minimum atomic E-state index is -0.976. The van der Waals surface area contributed by atoms with E-state index in [0.717, 1.165) is 36.8 Å². The van der Waals surface area contributed by atoms with Crippen LogP contribution in [0.4, 0.5) is 10.1 Å². The van der Waals surface area contributed by atoms with Gasteiger partial charge < -0.3 is 5.32 Å². The Hall–Kier alpha value is -4.07. The standard InChI is InChI=1S/C28H28FN5O2/c1-19-10-16-23(17-11-19)34(26(35)18-33-25-9-5-4-8-24(25)31-32-33)27(20-12-14-21(29)15-13-20)28(36)30-22-6-2-3-7-22/h4-5,8-17,22,27H,2-3,6-7,18H2,1H3,(H,30,36)/t27-/m1/s1. The molecule has 0 saturated heterocycles. The number of aromatic nitrogens is 3. The van der Waals surface area contributed by atoms with E-state index >= 15 is 0 Å². The monoisotopic (exact) mass is 485 g/mol. The molecule has 4 aromatic rings. The van der Waals surface area contributed by atoms with Gasteiger partial charge in [0, 0.05) is 11.7 Å². The SMILES string of the molecule is Cc1ccc(N(C(=O)Cn2nnc3ccccc32)[C@@H](C(=O)NC2CCCC2)c2ccc(F)cc2)cc1. The summed E-state index contributed by atoms with van der Waals surface area (Å²) in [6.45, 7) is 1.85. The lowest BCUT2D eigenvalue weighted by Crippen LogP contribution is -2.47. The van der Waals surface area contributed by atoms with Gasteiger partial charge in [-0.2, -0.15) is 0 Å². The highest BCUT2D eigenvalue weighted by atomic mass is 19.1. The molecule has 5 rings (SSSR count). The molecule has 1 atom stereocenters. The number of amides is 2. The Balaban J connectivity index is 1.56. The van der Waals surface area contributed by atoms with Crippen molar-refractivity contribution in [3.05, 3.63) is 89.7 Å². The number of fused-ring (bicyclic) bond motifs is 1. The summed E-state index contributed by atoms with van der Waals surface area (Å²) in [6.07, 6.45) is 3.94. The Morgan fingerprint density at radius 2 is 1.72 bits per heavy atom. The Labute approximate surface area is 208 Å². The molecular weight excluding hydrogens is 457 g/mol. The average Bonchev–Trinajstić information content (AvgIpc) is 3.54. The fourth-order valence-corrected chi connectivity index (χ4v) is 4.79. The Kier molecular flexibility index (Phi) is 6.75. The third-order valence-corrected chi connectivity index (χ3v) is 6.68. The summed E-state index contributed by atoms with van der Waals surface area (Å²) in [4.78, 5) is 29.2. The largest absolute Gasteiger partial charge is 0.351 e. The molecule has 1 N–H and O–H groups in total. The van der Waals surface area contributed by atoms with Crippen molar-refractivity contribution in [1.29, 1.82) is 0 Å². The molecule has 2 amide bonds. The van der Waals surface area contributed by atoms with Gasteiger partial charge in [-0.15, -0.1) is 5.10 Å². The van der Waals surface area contributed by atoms with E-state index in [9.17, 15) is 14.0 Å². The lowest BCUT2D eigenvalue weighted by atomic mass is 10.0. The summed E-state index contributed by atoms with van der Waals surface area (Å²) in [5.74, 6) is -1.02. The summed E-state index contributed by atoms with van der Waals surface area (Å²) in [5, 5.41) is 11.5. The topological polar surface area (TPSA) is 80.1 Å². The van der Waals surface area contributed by atoms with Crippen LogP contribution in [-0.2, 0) is 16.1 Å². The molecule has 0 aliphatic heterocycles. The number of para-hydroxylation sites is 1. The van der Waals surface area contributed by atoms with Gasteiger partial charge in [0.1, 0.15) is 23.9 Å². The first-order valence-corrected chi connectivity index (χ1v) is 12.2. The van der Waals surface area contributed by atoms with Gasteiger partial charge in [0.2, 0.25) is 11.8 Å². The fraction of sp³-hybridized carbons (Fsp3) is 0.286. The maximum absolute atomic E-state index is 13.9. The molecule has 36 heavy (non-hydrogen) atoms. The molecule has 1 heterocycles. The number of hydrogen-bond donors (Lipinski definition) is 1. The van der Waals surface area contributed by atoms with E-state index in [0.29, 0.717) is 16.8 Å². The predicted molar refractivity (Wildman–Crippen MR) is 136 cm³/mol. The van der Waals surface area contributed by atoms with Gasteiger partial charge in [0.25, 0.3) is 0 Å². The van der Waals surface area contributed by atoms with E-state index in [4.69, 9.17) is 0 Å². The number of hydrogen-bond acceptors (Lipinski definition) is 4. The van der Waals surface area contributed by atoms with Crippen molar-refractivity contribution in [1.82, 2.24) is 20.3 Å². The third kappa shape index (κ3) is 4.98. The van der Waals surface area contributed by atoms with Crippen molar-refractivity contribution in [2.75, 3.05) is 4.90 Å². The lowest BCUT2D eigenvalue weighted by molar-refractivity contribution is -0.127. The van der Waals surface area contributed by atoms with Gasteiger partial charge in [-0.05, 0) is 61.7 Å². The highest BCUT2D eigenvalue weighted by Crippen LogP contribution is 2.30. The first-order chi connectivity index (χ1) is 17.5. The van der Waals surface area contributed by atoms with Crippen LogP contribution in [0.15, 0.2) is 72.8 Å². The molecule has 1 aliphatic carbocycles. The lowest BCUT2D eigenvalue weighted by Gasteiger charge is -2.32. The van der Waals surface area contributed by atoms with E-state index in [1.54, 1.807) is 12.1 Å². The van der Waals surface area contributed by atoms with Crippen LogP contribution in [0.3, 0.4) is 0 Å². The first kappa shape index (κ1) is 23.7. The fourth-order valence-electron chi connectivity index (χ4n) is 4.79. The van der Waals surface area contributed by atoms with Crippen molar-refractivity contribution in [2.24, 2.45) is 0 Å². The minimum Gasteiger partial charge on any atom is -0.351 e. The van der Waals surface area contributed by atoms with E-state index in [1.165, 1.54) is 21.7 Å². The van der Waals surface area contributed by atoms with Gasteiger partial charge in [-0.3, -0.25) is 14.5 Å². The maximum atomic E-state index is 13.9. The number of carbonyl (C=O) groups excluding carboxylic acids is 2. The van der Waals surface area contributed by atoms with Crippen molar-refractivity contribution in [3.8, 4) is 0 Å². The Morgan fingerprint density at radius 1 is 1.03 bits per heavy atom. The van der Waals surface area contributed by atoms with Crippen LogP contribution in [-0.4, -0.2) is 32.9 Å². The van der Waals surface area contributed by atoms with Crippen LogP contribution >= 0.6 is 0 Å². The van der Waals surface area contributed by atoms with Gasteiger partial charge in [0.15, 0.2) is 0 Å². The maximum Gasteiger partial charge on any atom is 0.249 e. The van der Waals surface area contributed by atoms with Gasteiger partial charge in [-0.1, -0.05) is 60.0 Å². The molecule has 1 saturated carbocycles. The number of carbonyl (C=O) groups is 2. The summed E-state index contributed by atoms with van der Waals surface area (Å²) in [7, 11) is 0. The zero-order valence-corrected chi connectivity index (χ0v) is 20.1. The Morgan fingerprint density at radius 3 is 2.44 bits per heavy atom. The normalized spacial score (nSPS) is 14.6. The Bertz CT molecular complexity index is 1360. The van der Waals surface area contributed by atoms with Crippen LogP contribution in [0.1, 0.15) is 42.9 Å². The molecule has 8 heteroatoms. The van der Waals surface area contributed by atoms with E-state index in [1.807, 2.05) is 55.5 Å². The summed E-state index contributed by atoms with van der Waals surface area (Å²) in [6, 6.07) is 19.7. The second-order valence-corrected chi connectivity index (χ2v) is 9.28. The smallest absolute Gasteiger partial charge is 0.249 e. The second-order valence-electron chi connectivity index (χ2n) is 9.28. The van der Waals surface area contributed by atoms with Crippen LogP contribution < -0.4 is 10.2 Å². The van der Waals surface area contributed by atoms with Crippen LogP contribution in [0, 0.1) is 12.7 Å². The van der Waals surface area contributed by atoms with Crippen LogP contribution in [0.5, 0.6) is 0 Å². The molecule has 3 aromatic carbocycles. The summed E-state index contributed by atoms with van der Waals surface area (Å²) >= 11 is 0. The second kappa shape index (κ2) is 10.3. The molecule has 0 spiro atoms. The van der Waals surface area contributed by atoms with Gasteiger partial charge in [-0.25, -0.2) is 9.07 Å². The highest BCUT2D eigenvalue weighted by molar-refractivity contribution is 6.01. The third-order valence-electron chi connectivity index (χ3n) is 6.68. The molecule has 7 nitrogen and oxygen atoms in total. The molecule has 184 valence electrons. The van der Waals surface area contributed by atoms with E-state index in [2.05, 4.69) is 15.6 Å². The number of anilines is 1. The van der Waals surface area contributed by atoms with Crippen LogP contribution in [0.2, 0.25) is 0 Å².